The molecule has 6 heteroatoms. The van der Waals surface area contributed by atoms with Gasteiger partial charge in [-0.1, -0.05) is 0 Å². The predicted molar refractivity (Wildman–Crippen MR) is 61.9 cm³/mol. The van der Waals surface area contributed by atoms with Gasteiger partial charge < -0.3 is 10.6 Å². The van der Waals surface area contributed by atoms with Crippen molar-refractivity contribution < 1.29 is 13.6 Å². The number of nitrogens with two attached hydrogens (primary N) is 1. The summed E-state index contributed by atoms with van der Waals surface area (Å²) in [5.41, 5.74) is 5.58. The van der Waals surface area contributed by atoms with E-state index >= 15 is 0 Å². The molecule has 17 heavy (non-hydrogen) atoms. The Morgan fingerprint density at radius 2 is 2.00 bits per heavy atom. The van der Waals surface area contributed by atoms with Gasteiger partial charge in [0.25, 0.3) is 6.43 Å². The van der Waals surface area contributed by atoms with Gasteiger partial charge in [-0.05, 0) is 13.3 Å². The zero-order chi connectivity index (χ0) is 12.8. The van der Waals surface area contributed by atoms with Crippen LogP contribution < -0.4 is 5.73 Å². The molecule has 1 fully saturated rings. The Labute approximate surface area is 101 Å². The lowest BCUT2D eigenvalue weighted by molar-refractivity contribution is -0.131. The Bertz CT molecular complexity index is 249. The maximum atomic E-state index is 12.2. The maximum Gasteiger partial charge on any atom is 0.251 e. The summed E-state index contributed by atoms with van der Waals surface area (Å²) >= 11 is 0. The second-order valence-electron chi connectivity index (χ2n) is 4.61. The van der Waals surface area contributed by atoms with Gasteiger partial charge in [0.1, 0.15) is 0 Å². The zero-order valence-corrected chi connectivity index (χ0v) is 10.2. The van der Waals surface area contributed by atoms with E-state index in [1.165, 1.54) is 0 Å². The van der Waals surface area contributed by atoms with Crippen LogP contribution in [0.5, 0.6) is 0 Å². The molecule has 0 spiro atoms. The van der Waals surface area contributed by atoms with Gasteiger partial charge >= 0.3 is 0 Å². The monoisotopic (exact) mass is 249 g/mol. The Hall–Kier alpha value is -0.750. The number of nitrogens with zero attached hydrogens (tertiary/aromatic N) is 2. The van der Waals surface area contributed by atoms with Gasteiger partial charge in [0.2, 0.25) is 5.91 Å². The topological polar surface area (TPSA) is 49.6 Å². The summed E-state index contributed by atoms with van der Waals surface area (Å²) in [4.78, 5) is 15.2. The van der Waals surface area contributed by atoms with Crippen LogP contribution in [-0.2, 0) is 4.79 Å². The van der Waals surface area contributed by atoms with Crippen LogP contribution in [0.15, 0.2) is 0 Å². The largest absolute Gasteiger partial charge is 0.341 e. The van der Waals surface area contributed by atoms with Crippen LogP contribution >= 0.6 is 0 Å². The highest BCUT2D eigenvalue weighted by atomic mass is 19.3. The van der Waals surface area contributed by atoms with E-state index in [9.17, 15) is 13.6 Å². The fraction of sp³-hybridized carbons (Fsp3) is 0.909. The average molecular weight is 249 g/mol. The van der Waals surface area contributed by atoms with Gasteiger partial charge in [0.15, 0.2) is 0 Å². The van der Waals surface area contributed by atoms with Crippen LogP contribution in [0.4, 0.5) is 8.78 Å². The van der Waals surface area contributed by atoms with Gasteiger partial charge in [-0.3, -0.25) is 9.69 Å². The van der Waals surface area contributed by atoms with Crippen LogP contribution in [0.3, 0.4) is 0 Å². The minimum absolute atomic E-state index is 0.0268. The molecule has 1 rings (SSSR count). The summed E-state index contributed by atoms with van der Waals surface area (Å²) in [6.45, 7) is 3.92. The van der Waals surface area contributed by atoms with E-state index in [1.54, 1.807) is 16.7 Å². The van der Waals surface area contributed by atoms with Crippen LogP contribution in [0, 0.1) is 0 Å². The van der Waals surface area contributed by atoms with Gasteiger partial charge in [-0.15, -0.1) is 0 Å². The molecule has 1 aliphatic rings. The van der Waals surface area contributed by atoms with Crippen molar-refractivity contribution in [2.45, 2.75) is 32.2 Å². The van der Waals surface area contributed by atoms with Crippen molar-refractivity contribution in [3.8, 4) is 0 Å². The number of hydrogen-bond donors (Lipinski definition) is 1. The van der Waals surface area contributed by atoms with E-state index in [1.807, 2.05) is 0 Å². The third-order valence-electron chi connectivity index (χ3n) is 2.83. The number of amides is 1. The Morgan fingerprint density at radius 3 is 2.59 bits per heavy atom. The molecule has 0 aliphatic carbocycles. The zero-order valence-electron chi connectivity index (χ0n) is 10.2. The molecule has 0 aromatic carbocycles. The number of rotatable bonds is 4. The SMILES string of the molecule is CC(N)CC(=O)N1CCCN(CC(F)F)CC1. The molecule has 0 bridgehead atoms. The molecule has 0 saturated carbocycles. The Balaban J connectivity index is 2.39. The second kappa shape index (κ2) is 6.86. The molecule has 1 saturated heterocycles. The van der Waals surface area contributed by atoms with Crippen LogP contribution in [0.1, 0.15) is 19.8 Å². The number of halogens is 2. The standard InChI is InChI=1S/C11H21F2N3O/c1-9(14)7-11(17)16-4-2-3-15(5-6-16)8-10(12)13/h9-10H,2-8,14H2,1H3. The van der Waals surface area contributed by atoms with Crippen LogP contribution in [0.25, 0.3) is 0 Å². The molecule has 4 nitrogen and oxygen atoms in total. The summed E-state index contributed by atoms with van der Waals surface area (Å²) in [7, 11) is 0. The lowest BCUT2D eigenvalue weighted by Gasteiger charge is -2.22. The quantitative estimate of drug-likeness (QED) is 0.790. The highest BCUT2D eigenvalue weighted by Crippen LogP contribution is 2.07. The first kappa shape index (κ1) is 14.3. The second-order valence-corrected chi connectivity index (χ2v) is 4.61. The van der Waals surface area contributed by atoms with Crippen LogP contribution in [-0.4, -0.2) is 60.9 Å². The first-order chi connectivity index (χ1) is 7.99. The fourth-order valence-corrected chi connectivity index (χ4v) is 2.00. The number of carbonyl (C=O) groups excluding carboxylic acids is 1. The average Bonchev–Trinajstić information content (AvgIpc) is 2.41. The smallest absolute Gasteiger partial charge is 0.251 e. The fourth-order valence-electron chi connectivity index (χ4n) is 2.00. The molecular formula is C11H21F2N3O. The van der Waals surface area contributed by atoms with Gasteiger partial charge in [0.05, 0.1) is 6.54 Å². The normalized spacial score (nSPS) is 20.4. The molecule has 1 amide bonds. The van der Waals surface area contributed by atoms with Crippen molar-refractivity contribution in [1.29, 1.82) is 0 Å². The van der Waals surface area contributed by atoms with Crippen molar-refractivity contribution in [2.75, 3.05) is 32.7 Å². The van der Waals surface area contributed by atoms with Crippen molar-refractivity contribution in [1.82, 2.24) is 9.80 Å². The minimum atomic E-state index is -2.30. The molecule has 0 aromatic rings. The summed E-state index contributed by atoms with van der Waals surface area (Å²) in [6, 6.07) is -0.150. The van der Waals surface area contributed by atoms with E-state index in [4.69, 9.17) is 5.73 Å². The van der Waals surface area contributed by atoms with Crippen LogP contribution in [0.2, 0.25) is 0 Å². The van der Waals surface area contributed by atoms with E-state index in [-0.39, 0.29) is 18.5 Å². The van der Waals surface area contributed by atoms with E-state index < -0.39 is 6.43 Å². The summed E-state index contributed by atoms with van der Waals surface area (Å²) in [6.07, 6.45) is -1.23. The molecular weight excluding hydrogens is 228 g/mol. The number of hydrogen-bond acceptors (Lipinski definition) is 3. The van der Waals surface area contributed by atoms with E-state index in [2.05, 4.69) is 0 Å². The molecule has 1 heterocycles. The first-order valence-corrected chi connectivity index (χ1v) is 6.03. The summed E-state index contributed by atoms with van der Waals surface area (Å²) in [5, 5.41) is 0. The highest BCUT2D eigenvalue weighted by molar-refractivity contribution is 5.76. The van der Waals surface area contributed by atoms with E-state index in [0.717, 1.165) is 6.42 Å². The van der Waals surface area contributed by atoms with Crippen molar-refractivity contribution in [3.05, 3.63) is 0 Å². The molecule has 0 aromatic heterocycles. The molecule has 1 atom stereocenters. The Morgan fingerprint density at radius 1 is 1.29 bits per heavy atom. The van der Waals surface area contributed by atoms with Crippen molar-refractivity contribution in [2.24, 2.45) is 5.73 Å². The summed E-state index contributed by atoms with van der Waals surface area (Å²) < 4.78 is 24.5. The molecule has 100 valence electrons. The molecule has 2 N–H and O–H groups in total. The molecule has 1 aliphatic heterocycles. The molecule has 0 radical (unpaired) electrons. The lowest BCUT2D eigenvalue weighted by Crippen LogP contribution is -2.38. The predicted octanol–water partition coefficient (Wildman–Crippen LogP) is 0.523. The van der Waals surface area contributed by atoms with E-state index in [0.29, 0.717) is 32.6 Å². The minimum Gasteiger partial charge on any atom is -0.341 e. The Kier molecular flexibility index (Phi) is 5.77. The van der Waals surface area contributed by atoms with Gasteiger partial charge in [-0.25, -0.2) is 8.78 Å². The number of alkyl halides is 2. The van der Waals surface area contributed by atoms with Crippen molar-refractivity contribution in [3.63, 3.8) is 0 Å². The highest BCUT2D eigenvalue weighted by Gasteiger charge is 2.21. The van der Waals surface area contributed by atoms with Crippen molar-refractivity contribution >= 4 is 5.91 Å². The third-order valence-corrected chi connectivity index (χ3v) is 2.83. The maximum absolute atomic E-state index is 12.2. The third kappa shape index (κ3) is 5.41. The molecule has 1 unspecified atom stereocenters. The first-order valence-electron chi connectivity index (χ1n) is 6.03. The summed E-state index contributed by atoms with van der Waals surface area (Å²) in [5.74, 6) is 0.0268. The lowest BCUT2D eigenvalue weighted by atomic mass is 10.2. The number of carbonyl (C=O) groups is 1. The van der Waals surface area contributed by atoms with Gasteiger partial charge in [-0.2, -0.15) is 0 Å². The van der Waals surface area contributed by atoms with Gasteiger partial charge in [0, 0.05) is 38.6 Å².